The van der Waals surface area contributed by atoms with Gasteiger partial charge < -0.3 is 9.84 Å². The summed E-state index contributed by atoms with van der Waals surface area (Å²) in [6.45, 7) is 2.08. The summed E-state index contributed by atoms with van der Waals surface area (Å²) in [5.41, 5.74) is 0. The second-order valence-electron chi connectivity index (χ2n) is 3.84. The molecule has 1 rings (SSSR count). The van der Waals surface area contributed by atoms with E-state index in [1.165, 1.54) is 23.9 Å². The number of hydrogen-bond acceptors (Lipinski definition) is 5. The zero-order valence-corrected chi connectivity index (χ0v) is 12.3. The van der Waals surface area contributed by atoms with E-state index >= 15 is 0 Å². The van der Waals surface area contributed by atoms with Crippen LogP contribution in [0.5, 0.6) is 0 Å². The first kappa shape index (κ1) is 16.0. The number of carbonyl (C=O) groups is 1. The normalized spacial score (nSPS) is 13.2. The molecular formula is C12H16O5S2. The fourth-order valence-corrected chi connectivity index (χ4v) is 2.89. The van der Waals surface area contributed by atoms with Gasteiger partial charge in [-0.3, -0.25) is 0 Å². The summed E-state index contributed by atoms with van der Waals surface area (Å²) in [6, 6.07) is 6.33. The van der Waals surface area contributed by atoms with Gasteiger partial charge in [-0.1, -0.05) is 0 Å². The molecule has 1 N–H and O–H groups in total. The predicted molar refractivity (Wildman–Crippen MR) is 73.3 cm³/mol. The molecule has 0 aliphatic heterocycles. The molecule has 7 heteroatoms. The predicted octanol–water partition coefficient (Wildman–Crippen LogP) is 1.67. The Balaban J connectivity index is 2.66. The minimum absolute atomic E-state index is 0.247. The first-order chi connectivity index (χ1) is 8.84. The van der Waals surface area contributed by atoms with E-state index in [0.717, 1.165) is 11.2 Å². The summed E-state index contributed by atoms with van der Waals surface area (Å²) >= 11 is 1.32. The molecule has 19 heavy (non-hydrogen) atoms. The Kier molecular flexibility index (Phi) is 5.84. The number of sulfone groups is 1. The van der Waals surface area contributed by atoms with Gasteiger partial charge in [-0.15, -0.1) is 11.8 Å². The van der Waals surface area contributed by atoms with Gasteiger partial charge in [-0.05, 0) is 31.2 Å². The Morgan fingerprint density at radius 3 is 2.37 bits per heavy atom. The molecule has 5 nitrogen and oxygen atoms in total. The van der Waals surface area contributed by atoms with E-state index in [1.54, 1.807) is 19.1 Å². The average molecular weight is 304 g/mol. The molecule has 1 aromatic carbocycles. The number of ether oxygens (including phenoxy) is 1. The van der Waals surface area contributed by atoms with Crippen molar-refractivity contribution in [3.05, 3.63) is 24.3 Å². The third-order valence-electron chi connectivity index (χ3n) is 2.30. The van der Waals surface area contributed by atoms with Crippen LogP contribution < -0.4 is 0 Å². The molecule has 0 saturated heterocycles. The molecule has 0 aliphatic carbocycles. The molecule has 0 bridgehead atoms. The Morgan fingerprint density at radius 2 is 1.95 bits per heavy atom. The Hall–Kier alpha value is -1.05. The summed E-state index contributed by atoms with van der Waals surface area (Å²) in [7, 11) is -3.20. The monoisotopic (exact) mass is 304 g/mol. The number of carboxylic acid groups (broad SMARTS) is 1. The van der Waals surface area contributed by atoms with Crippen LogP contribution in [0, 0.1) is 0 Å². The highest BCUT2D eigenvalue weighted by Crippen LogP contribution is 2.21. The summed E-state index contributed by atoms with van der Waals surface area (Å²) in [5, 5.41) is 8.92. The third kappa shape index (κ3) is 5.22. The van der Waals surface area contributed by atoms with Crippen molar-refractivity contribution in [2.45, 2.75) is 22.8 Å². The second kappa shape index (κ2) is 6.93. The van der Waals surface area contributed by atoms with Gasteiger partial charge in [-0.2, -0.15) is 0 Å². The maximum absolute atomic E-state index is 11.3. The standard InChI is InChI=1S/C12H16O5S2/c1-3-17-11(12(13)14)8-18-9-4-6-10(7-5-9)19(2,15)16/h4-7,11H,3,8H2,1-2H3,(H,13,14). The number of benzene rings is 1. The van der Waals surface area contributed by atoms with Crippen molar-refractivity contribution in [3.8, 4) is 0 Å². The van der Waals surface area contributed by atoms with Gasteiger partial charge in [0.05, 0.1) is 4.90 Å². The summed E-state index contributed by atoms with van der Waals surface area (Å²) in [5.74, 6) is -0.719. The fraction of sp³-hybridized carbons (Fsp3) is 0.417. The maximum atomic E-state index is 11.3. The maximum Gasteiger partial charge on any atom is 0.333 e. The topological polar surface area (TPSA) is 80.7 Å². The van der Waals surface area contributed by atoms with Gasteiger partial charge in [0.1, 0.15) is 0 Å². The third-order valence-corrected chi connectivity index (χ3v) is 4.50. The molecule has 1 atom stereocenters. The Morgan fingerprint density at radius 1 is 1.37 bits per heavy atom. The van der Waals surface area contributed by atoms with E-state index in [4.69, 9.17) is 9.84 Å². The van der Waals surface area contributed by atoms with E-state index in [0.29, 0.717) is 6.61 Å². The second-order valence-corrected chi connectivity index (χ2v) is 6.95. The average Bonchev–Trinajstić information content (AvgIpc) is 2.33. The number of aliphatic carboxylic acids is 1. The highest BCUT2D eigenvalue weighted by atomic mass is 32.2. The molecule has 0 spiro atoms. The van der Waals surface area contributed by atoms with Gasteiger partial charge in [0.25, 0.3) is 0 Å². The van der Waals surface area contributed by atoms with E-state index in [-0.39, 0.29) is 10.6 Å². The molecule has 0 aromatic heterocycles. The largest absolute Gasteiger partial charge is 0.479 e. The van der Waals surface area contributed by atoms with E-state index in [1.807, 2.05) is 0 Å². The molecule has 0 heterocycles. The first-order valence-electron chi connectivity index (χ1n) is 5.62. The SMILES string of the molecule is CCOC(CSc1ccc(S(C)(=O)=O)cc1)C(=O)O. The first-order valence-corrected chi connectivity index (χ1v) is 8.49. The number of hydrogen-bond donors (Lipinski definition) is 1. The van der Waals surface area contributed by atoms with Gasteiger partial charge in [0, 0.05) is 23.5 Å². The van der Waals surface area contributed by atoms with E-state index < -0.39 is 21.9 Å². The fourth-order valence-electron chi connectivity index (χ4n) is 1.35. The quantitative estimate of drug-likeness (QED) is 0.772. The minimum atomic E-state index is -3.20. The molecule has 0 amide bonds. The summed E-state index contributed by atoms with van der Waals surface area (Å²) in [6.07, 6.45) is 0.287. The van der Waals surface area contributed by atoms with Crippen molar-refractivity contribution >= 4 is 27.6 Å². The lowest BCUT2D eigenvalue weighted by Gasteiger charge is -2.11. The molecule has 0 aliphatic rings. The van der Waals surface area contributed by atoms with Gasteiger partial charge in [-0.25, -0.2) is 13.2 Å². The minimum Gasteiger partial charge on any atom is -0.479 e. The van der Waals surface area contributed by atoms with Crippen LogP contribution in [0.2, 0.25) is 0 Å². The van der Waals surface area contributed by atoms with Crippen LogP contribution in [-0.2, 0) is 19.4 Å². The van der Waals surface area contributed by atoms with Crippen molar-refractivity contribution in [1.82, 2.24) is 0 Å². The lowest BCUT2D eigenvalue weighted by atomic mass is 10.4. The molecule has 0 saturated carbocycles. The molecule has 106 valence electrons. The Bertz CT molecular complexity index is 522. The van der Waals surface area contributed by atoms with Gasteiger partial charge in [0.2, 0.25) is 0 Å². The van der Waals surface area contributed by atoms with Crippen LogP contribution in [-0.4, -0.2) is 44.2 Å². The van der Waals surface area contributed by atoms with Crippen molar-refractivity contribution in [2.75, 3.05) is 18.6 Å². The van der Waals surface area contributed by atoms with Crippen LogP contribution in [0.3, 0.4) is 0 Å². The lowest BCUT2D eigenvalue weighted by Crippen LogP contribution is -2.26. The van der Waals surface area contributed by atoms with Crippen LogP contribution in [0.15, 0.2) is 34.1 Å². The van der Waals surface area contributed by atoms with Crippen LogP contribution >= 0.6 is 11.8 Å². The molecular weight excluding hydrogens is 288 g/mol. The molecule has 0 radical (unpaired) electrons. The Labute approximate surface area is 116 Å². The summed E-state index contributed by atoms with van der Waals surface area (Å²) < 4.78 is 27.6. The highest BCUT2D eigenvalue weighted by Gasteiger charge is 2.17. The number of thioether (sulfide) groups is 1. The summed E-state index contributed by atoms with van der Waals surface area (Å²) in [4.78, 5) is 11.9. The van der Waals surface area contributed by atoms with E-state index in [9.17, 15) is 13.2 Å². The zero-order chi connectivity index (χ0) is 14.5. The van der Waals surface area contributed by atoms with Crippen molar-refractivity contribution in [3.63, 3.8) is 0 Å². The zero-order valence-electron chi connectivity index (χ0n) is 10.7. The molecule has 1 aromatic rings. The van der Waals surface area contributed by atoms with Crippen LogP contribution in [0.1, 0.15) is 6.92 Å². The van der Waals surface area contributed by atoms with Crippen molar-refractivity contribution in [2.24, 2.45) is 0 Å². The number of rotatable bonds is 7. The smallest absolute Gasteiger partial charge is 0.333 e. The van der Waals surface area contributed by atoms with Crippen molar-refractivity contribution < 1.29 is 23.1 Å². The van der Waals surface area contributed by atoms with Crippen LogP contribution in [0.25, 0.3) is 0 Å². The van der Waals surface area contributed by atoms with Crippen molar-refractivity contribution in [1.29, 1.82) is 0 Å². The number of carboxylic acids is 1. The van der Waals surface area contributed by atoms with Crippen LogP contribution in [0.4, 0.5) is 0 Å². The highest BCUT2D eigenvalue weighted by molar-refractivity contribution is 7.99. The molecule has 0 fully saturated rings. The van der Waals surface area contributed by atoms with Gasteiger partial charge >= 0.3 is 5.97 Å². The van der Waals surface area contributed by atoms with E-state index in [2.05, 4.69) is 0 Å². The van der Waals surface area contributed by atoms with Gasteiger partial charge in [0.15, 0.2) is 15.9 Å². The lowest BCUT2D eigenvalue weighted by molar-refractivity contribution is -0.148. The molecule has 1 unspecified atom stereocenters.